The molecule has 25 heavy (non-hydrogen) atoms. The van der Waals surface area contributed by atoms with Gasteiger partial charge < -0.3 is 10.2 Å². The number of benzene rings is 1. The van der Waals surface area contributed by atoms with E-state index in [2.05, 4.69) is 10.4 Å². The van der Waals surface area contributed by atoms with Gasteiger partial charge >= 0.3 is 0 Å². The number of aryl methyl sites for hydroxylation is 1. The molecular weight excluding hydrogens is 379 g/mol. The van der Waals surface area contributed by atoms with Crippen molar-refractivity contribution >= 4 is 51.5 Å². The summed E-state index contributed by atoms with van der Waals surface area (Å²) in [4.78, 5) is 16.4. The molecule has 132 valence electrons. The van der Waals surface area contributed by atoms with Gasteiger partial charge in [-0.15, -0.1) is 23.7 Å². The smallest absolute Gasteiger partial charge is 0.264 e. The highest BCUT2D eigenvalue weighted by atomic mass is 35.5. The molecule has 0 bridgehead atoms. The Balaban J connectivity index is 0.00000182. The maximum atomic E-state index is 12.7. The molecule has 0 saturated carbocycles. The average molecular weight is 397 g/mol. The zero-order valence-electron chi connectivity index (χ0n) is 13.7. The first kappa shape index (κ1) is 18.2. The number of nitrogens with zero attached hydrogens (tertiary/aromatic N) is 3. The van der Waals surface area contributed by atoms with E-state index in [9.17, 15) is 4.79 Å². The monoisotopic (exact) mass is 396 g/mol. The Morgan fingerprint density at radius 2 is 1.92 bits per heavy atom. The first-order valence-electron chi connectivity index (χ1n) is 7.88. The summed E-state index contributed by atoms with van der Waals surface area (Å²) in [5, 5.41) is 9.61. The summed E-state index contributed by atoms with van der Waals surface area (Å²) < 4.78 is 1.89. The van der Waals surface area contributed by atoms with Crippen LogP contribution >= 0.6 is 35.3 Å². The summed E-state index contributed by atoms with van der Waals surface area (Å²) in [6.07, 6.45) is 0. The fraction of sp³-hybridized carbons (Fsp3) is 0.294. The molecule has 1 aliphatic heterocycles. The van der Waals surface area contributed by atoms with Crippen LogP contribution in [0.3, 0.4) is 0 Å². The third-order valence-electron chi connectivity index (χ3n) is 4.23. The SMILES string of the molecule is Cc1nn(-c2ccc(Cl)cc2)c2sc(C(=O)N3CCNCC3)cc12.Cl. The highest BCUT2D eigenvalue weighted by Gasteiger charge is 2.22. The van der Waals surface area contributed by atoms with E-state index in [0.717, 1.165) is 52.7 Å². The lowest BCUT2D eigenvalue weighted by molar-refractivity contribution is 0.0741. The van der Waals surface area contributed by atoms with Gasteiger partial charge in [0.2, 0.25) is 0 Å². The Bertz CT molecular complexity index is 897. The number of rotatable bonds is 2. The normalized spacial score (nSPS) is 14.6. The zero-order chi connectivity index (χ0) is 16.7. The summed E-state index contributed by atoms with van der Waals surface area (Å²) in [6, 6.07) is 9.54. The molecular formula is C17H18Cl2N4OS. The number of thiophene rings is 1. The van der Waals surface area contributed by atoms with Crippen molar-refractivity contribution in [2.24, 2.45) is 0 Å². The van der Waals surface area contributed by atoms with Crippen LogP contribution in [0.15, 0.2) is 30.3 Å². The first-order valence-corrected chi connectivity index (χ1v) is 9.08. The number of carbonyl (C=O) groups is 1. The van der Waals surface area contributed by atoms with E-state index in [0.29, 0.717) is 5.02 Å². The maximum absolute atomic E-state index is 12.7. The van der Waals surface area contributed by atoms with Crippen LogP contribution in [-0.2, 0) is 0 Å². The lowest BCUT2D eigenvalue weighted by Gasteiger charge is -2.26. The summed E-state index contributed by atoms with van der Waals surface area (Å²) >= 11 is 7.47. The molecule has 1 amide bonds. The van der Waals surface area contributed by atoms with Gasteiger partial charge in [-0.3, -0.25) is 4.79 Å². The minimum absolute atomic E-state index is 0. The van der Waals surface area contributed by atoms with E-state index in [1.165, 1.54) is 11.3 Å². The van der Waals surface area contributed by atoms with Crippen LogP contribution in [0, 0.1) is 6.92 Å². The molecule has 3 aromatic rings. The minimum Gasteiger partial charge on any atom is -0.335 e. The predicted molar refractivity (Wildman–Crippen MR) is 105 cm³/mol. The molecule has 1 fully saturated rings. The molecule has 1 aromatic carbocycles. The van der Waals surface area contributed by atoms with Crippen molar-refractivity contribution in [1.82, 2.24) is 20.0 Å². The second kappa shape index (κ2) is 7.33. The van der Waals surface area contributed by atoms with Gasteiger partial charge in [-0.25, -0.2) is 4.68 Å². The van der Waals surface area contributed by atoms with E-state index in [4.69, 9.17) is 11.6 Å². The average Bonchev–Trinajstić information content (AvgIpc) is 3.17. The molecule has 0 spiro atoms. The van der Waals surface area contributed by atoms with Gasteiger partial charge in [-0.1, -0.05) is 11.6 Å². The van der Waals surface area contributed by atoms with Crippen molar-refractivity contribution < 1.29 is 4.79 Å². The first-order chi connectivity index (χ1) is 11.6. The van der Waals surface area contributed by atoms with Gasteiger partial charge in [0.25, 0.3) is 5.91 Å². The quantitative estimate of drug-likeness (QED) is 0.720. The van der Waals surface area contributed by atoms with Gasteiger partial charge in [-0.05, 0) is 37.3 Å². The van der Waals surface area contributed by atoms with E-state index in [1.54, 1.807) is 0 Å². The van der Waals surface area contributed by atoms with Crippen LogP contribution in [0.5, 0.6) is 0 Å². The Labute approximate surface area is 161 Å². The van der Waals surface area contributed by atoms with E-state index in [1.807, 2.05) is 46.8 Å². The molecule has 1 saturated heterocycles. The number of hydrogen-bond acceptors (Lipinski definition) is 4. The number of hydrogen-bond donors (Lipinski definition) is 1. The lowest BCUT2D eigenvalue weighted by Crippen LogP contribution is -2.46. The predicted octanol–water partition coefficient (Wildman–Crippen LogP) is 3.52. The molecule has 1 N–H and O–H groups in total. The summed E-state index contributed by atoms with van der Waals surface area (Å²) in [6.45, 7) is 5.20. The molecule has 3 heterocycles. The van der Waals surface area contributed by atoms with Crippen LogP contribution in [-0.4, -0.2) is 46.8 Å². The second-order valence-corrected chi connectivity index (χ2v) is 7.31. The topological polar surface area (TPSA) is 50.2 Å². The molecule has 0 aliphatic carbocycles. The van der Waals surface area contributed by atoms with Crippen molar-refractivity contribution in [2.75, 3.05) is 26.2 Å². The summed E-state index contributed by atoms with van der Waals surface area (Å²) in [5.74, 6) is 0.111. The number of fused-ring (bicyclic) bond motifs is 1. The number of piperazine rings is 1. The molecule has 0 radical (unpaired) electrons. The van der Waals surface area contributed by atoms with Crippen LogP contribution in [0.1, 0.15) is 15.4 Å². The van der Waals surface area contributed by atoms with Crippen molar-refractivity contribution in [3.63, 3.8) is 0 Å². The largest absolute Gasteiger partial charge is 0.335 e. The lowest BCUT2D eigenvalue weighted by atomic mass is 10.2. The van der Waals surface area contributed by atoms with Crippen molar-refractivity contribution in [2.45, 2.75) is 6.92 Å². The Morgan fingerprint density at radius 3 is 2.60 bits per heavy atom. The molecule has 0 unspecified atom stereocenters. The summed E-state index contributed by atoms with van der Waals surface area (Å²) in [7, 11) is 0. The molecule has 8 heteroatoms. The summed E-state index contributed by atoms with van der Waals surface area (Å²) in [5.41, 5.74) is 1.87. The van der Waals surface area contributed by atoms with Crippen LogP contribution in [0.2, 0.25) is 5.02 Å². The third kappa shape index (κ3) is 3.40. The van der Waals surface area contributed by atoms with Gasteiger partial charge in [0.1, 0.15) is 4.83 Å². The fourth-order valence-corrected chi connectivity index (χ4v) is 4.21. The maximum Gasteiger partial charge on any atom is 0.264 e. The Hall–Kier alpha value is -1.60. The van der Waals surface area contributed by atoms with Gasteiger partial charge in [-0.2, -0.15) is 5.10 Å². The number of aromatic nitrogens is 2. The number of halogens is 2. The Morgan fingerprint density at radius 1 is 1.24 bits per heavy atom. The van der Waals surface area contributed by atoms with Crippen molar-refractivity contribution in [3.05, 3.63) is 45.9 Å². The van der Waals surface area contributed by atoms with Gasteiger partial charge in [0.15, 0.2) is 0 Å². The fourth-order valence-electron chi connectivity index (χ4n) is 2.93. The highest BCUT2D eigenvalue weighted by molar-refractivity contribution is 7.20. The van der Waals surface area contributed by atoms with E-state index < -0.39 is 0 Å². The van der Waals surface area contributed by atoms with Gasteiger partial charge in [0.05, 0.1) is 16.3 Å². The second-order valence-electron chi connectivity index (χ2n) is 5.85. The zero-order valence-corrected chi connectivity index (χ0v) is 16.0. The molecule has 4 rings (SSSR count). The Kier molecular flexibility index (Phi) is 5.34. The molecule has 5 nitrogen and oxygen atoms in total. The van der Waals surface area contributed by atoms with Crippen LogP contribution in [0.4, 0.5) is 0 Å². The molecule has 0 atom stereocenters. The number of amides is 1. The van der Waals surface area contributed by atoms with Crippen LogP contribution in [0.25, 0.3) is 15.9 Å². The number of nitrogens with one attached hydrogen (secondary N) is 1. The van der Waals surface area contributed by atoms with Crippen molar-refractivity contribution in [3.8, 4) is 5.69 Å². The molecule has 2 aromatic heterocycles. The van der Waals surface area contributed by atoms with E-state index >= 15 is 0 Å². The van der Waals surface area contributed by atoms with E-state index in [-0.39, 0.29) is 18.3 Å². The van der Waals surface area contributed by atoms with Crippen LogP contribution < -0.4 is 5.32 Å². The highest BCUT2D eigenvalue weighted by Crippen LogP contribution is 2.31. The minimum atomic E-state index is 0. The standard InChI is InChI=1S/C17H17ClN4OS.ClH/c1-11-14-10-15(16(23)21-8-6-19-7-9-21)24-17(14)22(20-11)13-4-2-12(18)3-5-13;/h2-5,10,19H,6-9H2,1H3;1H. The third-order valence-corrected chi connectivity index (χ3v) is 5.58. The molecule has 1 aliphatic rings. The number of carbonyl (C=O) groups excluding carboxylic acids is 1. The van der Waals surface area contributed by atoms with Gasteiger partial charge in [0, 0.05) is 36.6 Å². The van der Waals surface area contributed by atoms with Crippen molar-refractivity contribution in [1.29, 1.82) is 0 Å².